The fourth-order valence-corrected chi connectivity index (χ4v) is 2.76. The maximum atomic E-state index is 12.3. The molecule has 2 rings (SSSR count). The number of ether oxygens (including phenoxy) is 1. The summed E-state index contributed by atoms with van der Waals surface area (Å²) < 4.78 is 40.9. The van der Waals surface area contributed by atoms with Gasteiger partial charge in [0.15, 0.2) is 6.61 Å². The molecular formula is C20H23F3N4O3. The summed E-state index contributed by atoms with van der Waals surface area (Å²) in [4.78, 5) is 29.4. The molecule has 0 bridgehead atoms. The Morgan fingerprint density at radius 2 is 1.73 bits per heavy atom. The number of urea groups is 1. The van der Waals surface area contributed by atoms with E-state index in [9.17, 15) is 22.8 Å². The zero-order valence-electron chi connectivity index (χ0n) is 17.1. The average molecular weight is 424 g/mol. The van der Waals surface area contributed by atoms with Crippen LogP contribution in [0.5, 0.6) is 5.88 Å². The first-order valence-corrected chi connectivity index (χ1v) is 9.00. The van der Waals surface area contributed by atoms with Crippen molar-refractivity contribution in [3.05, 3.63) is 47.2 Å². The fourth-order valence-electron chi connectivity index (χ4n) is 2.76. The van der Waals surface area contributed by atoms with Gasteiger partial charge in [-0.2, -0.15) is 13.2 Å². The number of amides is 3. The SMILES string of the molecule is Cc1cc(C)c(NC(=O)CN(C)C(=O)Nc2ccc(OCC(F)(F)F)nc2)c(C)c1. The van der Waals surface area contributed by atoms with Crippen LogP contribution < -0.4 is 15.4 Å². The molecule has 0 aliphatic carbocycles. The lowest BCUT2D eigenvalue weighted by Gasteiger charge is -2.19. The number of nitrogens with one attached hydrogen (secondary N) is 2. The highest BCUT2D eigenvalue weighted by Crippen LogP contribution is 2.22. The molecule has 0 saturated heterocycles. The first kappa shape index (κ1) is 23.0. The number of carbonyl (C=O) groups excluding carboxylic acids is 2. The van der Waals surface area contributed by atoms with Gasteiger partial charge < -0.3 is 20.3 Å². The second-order valence-corrected chi connectivity index (χ2v) is 6.90. The van der Waals surface area contributed by atoms with Crippen molar-refractivity contribution in [3.63, 3.8) is 0 Å². The summed E-state index contributed by atoms with van der Waals surface area (Å²) in [7, 11) is 1.44. The maximum Gasteiger partial charge on any atom is 0.422 e. The predicted octanol–water partition coefficient (Wildman–Crippen LogP) is 4.05. The molecule has 0 aliphatic rings. The molecule has 2 aromatic rings. The van der Waals surface area contributed by atoms with Crippen molar-refractivity contribution in [2.45, 2.75) is 26.9 Å². The van der Waals surface area contributed by atoms with E-state index in [0.717, 1.165) is 22.9 Å². The van der Waals surface area contributed by atoms with Gasteiger partial charge in [-0.25, -0.2) is 9.78 Å². The normalized spacial score (nSPS) is 11.0. The van der Waals surface area contributed by atoms with Crippen LogP contribution >= 0.6 is 0 Å². The van der Waals surface area contributed by atoms with E-state index in [0.29, 0.717) is 5.69 Å². The van der Waals surface area contributed by atoms with Crippen molar-refractivity contribution in [3.8, 4) is 5.88 Å². The lowest BCUT2D eigenvalue weighted by molar-refractivity contribution is -0.154. The summed E-state index contributed by atoms with van der Waals surface area (Å²) in [6.07, 6.45) is -3.30. The van der Waals surface area contributed by atoms with E-state index in [1.165, 1.54) is 24.1 Å². The second-order valence-electron chi connectivity index (χ2n) is 6.90. The molecular weight excluding hydrogens is 401 g/mol. The van der Waals surface area contributed by atoms with Crippen LogP contribution in [-0.2, 0) is 4.79 Å². The zero-order valence-corrected chi connectivity index (χ0v) is 17.1. The lowest BCUT2D eigenvalue weighted by Crippen LogP contribution is -2.37. The van der Waals surface area contributed by atoms with Gasteiger partial charge in [0.1, 0.15) is 6.54 Å². The van der Waals surface area contributed by atoms with Crippen LogP contribution in [0.4, 0.5) is 29.3 Å². The molecule has 10 heteroatoms. The Morgan fingerprint density at radius 3 is 2.27 bits per heavy atom. The Bertz CT molecular complexity index is 891. The van der Waals surface area contributed by atoms with E-state index >= 15 is 0 Å². The number of pyridine rings is 1. The Morgan fingerprint density at radius 1 is 1.10 bits per heavy atom. The van der Waals surface area contributed by atoms with E-state index < -0.39 is 18.8 Å². The minimum Gasteiger partial charge on any atom is -0.468 e. The summed E-state index contributed by atoms with van der Waals surface area (Å²) in [5.74, 6) is -0.585. The molecule has 0 saturated carbocycles. The van der Waals surface area contributed by atoms with Gasteiger partial charge in [0, 0.05) is 18.8 Å². The molecule has 1 heterocycles. The summed E-state index contributed by atoms with van der Waals surface area (Å²) >= 11 is 0. The summed E-state index contributed by atoms with van der Waals surface area (Å²) in [6.45, 7) is 4.10. The highest BCUT2D eigenvalue weighted by Gasteiger charge is 2.28. The standard InChI is InChI=1S/C20H23F3N4O3/c1-12-7-13(2)18(14(3)8-12)26-16(28)10-27(4)19(29)25-15-5-6-17(24-9-15)30-11-20(21,22)23/h5-9H,10-11H2,1-4H3,(H,25,29)(H,26,28). The van der Waals surface area contributed by atoms with E-state index in [1.807, 2.05) is 32.9 Å². The van der Waals surface area contributed by atoms with Crippen LogP contribution in [0.15, 0.2) is 30.5 Å². The van der Waals surface area contributed by atoms with Crippen LogP contribution in [0.2, 0.25) is 0 Å². The number of nitrogens with zero attached hydrogens (tertiary/aromatic N) is 2. The van der Waals surface area contributed by atoms with Crippen molar-refractivity contribution in [1.82, 2.24) is 9.88 Å². The number of aryl methyl sites for hydroxylation is 3. The van der Waals surface area contributed by atoms with Gasteiger partial charge in [0.05, 0.1) is 11.9 Å². The predicted molar refractivity (Wildman–Crippen MR) is 107 cm³/mol. The quantitative estimate of drug-likeness (QED) is 0.733. The molecule has 1 aromatic carbocycles. The van der Waals surface area contributed by atoms with Crippen LogP contribution in [0, 0.1) is 20.8 Å². The van der Waals surface area contributed by atoms with Crippen LogP contribution in [0.1, 0.15) is 16.7 Å². The molecule has 0 aliphatic heterocycles. The van der Waals surface area contributed by atoms with E-state index in [2.05, 4.69) is 20.4 Å². The third-order valence-corrected chi connectivity index (χ3v) is 4.04. The van der Waals surface area contributed by atoms with Gasteiger partial charge in [-0.15, -0.1) is 0 Å². The number of carbonyl (C=O) groups is 2. The number of halogens is 3. The van der Waals surface area contributed by atoms with Crippen LogP contribution in [-0.4, -0.2) is 48.2 Å². The van der Waals surface area contributed by atoms with Crippen molar-refractivity contribution in [2.24, 2.45) is 0 Å². The van der Waals surface area contributed by atoms with Gasteiger partial charge >= 0.3 is 12.2 Å². The number of aromatic nitrogens is 1. The molecule has 1 aromatic heterocycles. The summed E-state index contributed by atoms with van der Waals surface area (Å²) in [5, 5.41) is 5.32. The molecule has 3 amide bonds. The van der Waals surface area contributed by atoms with Gasteiger partial charge in [0.2, 0.25) is 11.8 Å². The van der Waals surface area contributed by atoms with Crippen molar-refractivity contribution < 1.29 is 27.5 Å². The molecule has 0 radical (unpaired) electrons. The number of likely N-dealkylation sites (N-methyl/N-ethyl adjacent to an activating group) is 1. The Labute approximate surface area is 172 Å². The molecule has 30 heavy (non-hydrogen) atoms. The molecule has 0 spiro atoms. The number of rotatable bonds is 6. The number of hydrogen-bond donors (Lipinski definition) is 2. The molecule has 162 valence electrons. The van der Waals surface area contributed by atoms with Crippen molar-refractivity contribution >= 4 is 23.3 Å². The first-order valence-electron chi connectivity index (χ1n) is 9.00. The highest BCUT2D eigenvalue weighted by atomic mass is 19.4. The smallest absolute Gasteiger partial charge is 0.422 e. The van der Waals surface area contributed by atoms with Crippen LogP contribution in [0.3, 0.4) is 0 Å². The van der Waals surface area contributed by atoms with Crippen LogP contribution in [0.25, 0.3) is 0 Å². The Balaban J connectivity index is 1.89. The third-order valence-electron chi connectivity index (χ3n) is 4.04. The lowest BCUT2D eigenvalue weighted by atomic mass is 10.1. The fraction of sp³-hybridized carbons (Fsp3) is 0.350. The molecule has 0 unspecified atom stereocenters. The molecule has 0 atom stereocenters. The number of alkyl halides is 3. The number of hydrogen-bond acceptors (Lipinski definition) is 4. The Kier molecular flexibility index (Phi) is 7.25. The zero-order chi connectivity index (χ0) is 22.5. The van der Waals surface area contributed by atoms with Gasteiger partial charge in [-0.05, 0) is 38.0 Å². The van der Waals surface area contributed by atoms with Crippen molar-refractivity contribution in [1.29, 1.82) is 0 Å². The largest absolute Gasteiger partial charge is 0.468 e. The minimum absolute atomic E-state index is 0.196. The highest BCUT2D eigenvalue weighted by molar-refractivity contribution is 5.97. The second kappa shape index (κ2) is 9.47. The van der Waals surface area contributed by atoms with E-state index in [1.54, 1.807) is 0 Å². The average Bonchev–Trinajstić information content (AvgIpc) is 2.63. The molecule has 0 fully saturated rings. The Hall–Kier alpha value is -3.30. The summed E-state index contributed by atoms with van der Waals surface area (Å²) in [5.41, 5.74) is 3.89. The first-order chi connectivity index (χ1) is 13.9. The monoisotopic (exact) mass is 424 g/mol. The minimum atomic E-state index is -4.46. The third kappa shape index (κ3) is 6.94. The number of anilines is 2. The van der Waals surface area contributed by atoms with E-state index in [-0.39, 0.29) is 24.0 Å². The number of benzene rings is 1. The summed E-state index contributed by atoms with van der Waals surface area (Å²) in [6, 6.07) is 5.89. The van der Waals surface area contributed by atoms with Crippen molar-refractivity contribution in [2.75, 3.05) is 30.8 Å². The van der Waals surface area contributed by atoms with Gasteiger partial charge in [-0.1, -0.05) is 17.7 Å². The molecule has 7 nitrogen and oxygen atoms in total. The maximum absolute atomic E-state index is 12.3. The van der Waals surface area contributed by atoms with Gasteiger partial charge in [0.25, 0.3) is 0 Å². The van der Waals surface area contributed by atoms with Gasteiger partial charge in [-0.3, -0.25) is 4.79 Å². The molecule has 2 N–H and O–H groups in total. The topological polar surface area (TPSA) is 83.6 Å². The van der Waals surface area contributed by atoms with E-state index in [4.69, 9.17) is 0 Å².